The third-order valence-electron chi connectivity index (χ3n) is 7.60. The lowest BCUT2D eigenvalue weighted by atomic mass is 9.90. The topological polar surface area (TPSA) is 83.7 Å². The predicted molar refractivity (Wildman–Crippen MR) is 137 cm³/mol. The summed E-state index contributed by atoms with van der Waals surface area (Å²) in [6, 6.07) is 9.35. The first kappa shape index (κ1) is 22.2. The summed E-state index contributed by atoms with van der Waals surface area (Å²) in [6.07, 6.45) is 10.2. The Morgan fingerprint density at radius 1 is 0.971 bits per heavy atom. The molecule has 35 heavy (non-hydrogen) atoms. The first-order valence-corrected chi connectivity index (χ1v) is 12.5. The number of piperazine rings is 1. The SMILES string of the molecule is COc1ncnc2ccc(-c3ccn4nc(N[C@H]5CC[C@@H](N6CCN(C)CC6)CC5)ncc34)cc12. The van der Waals surface area contributed by atoms with Gasteiger partial charge < -0.3 is 15.0 Å². The number of nitrogens with one attached hydrogen (secondary N) is 1. The van der Waals surface area contributed by atoms with E-state index in [1.807, 2.05) is 23.0 Å². The number of ether oxygens (including phenoxy) is 1. The van der Waals surface area contributed by atoms with Gasteiger partial charge in [0.1, 0.15) is 6.33 Å². The second-order valence-corrected chi connectivity index (χ2v) is 9.74. The van der Waals surface area contributed by atoms with Crippen molar-refractivity contribution in [1.82, 2.24) is 34.4 Å². The van der Waals surface area contributed by atoms with Crippen LogP contribution in [0.2, 0.25) is 0 Å². The second-order valence-electron chi connectivity index (χ2n) is 9.74. The van der Waals surface area contributed by atoms with Gasteiger partial charge in [0.2, 0.25) is 11.8 Å². The summed E-state index contributed by atoms with van der Waals surface area (Å²) in [6.45, 7) is 4.77. The average Bonchev–Trinajstić information content (AvgIpc) is 3.32. The van der Waals surface area contributed by atoms with Gasteiger partial charge >= 0.3 is 0 Å². The summed E-state index contributed by atoms with van der Waals surface area (Å²) in [5.74, 6) is 1.27. The first-order valence-electron chi connectivity index (χ1n) is 12.5. The predicted octanol–water partition coefficient (Wildman–Crippen LogP) is 3.32. The molecule has 4 aromatic rings. The molecular formula is C26H32N8O. The van der Waals surface area contributed by atoms with Crippen LogP contribution in [0.1, 0.15) is 25.7 Å². The highest BCUT2D eigenvalue weighted by Gasteiger charge is 2.28. The first-order chi connectivity index (χ1) is 17.2. The molecule has 1 aliphatic heterocycles. The third kappa shape index (κ3) is 4.41. The van der Waals surface area contributed by atoms with Crippen LogP contribution in [-0.4, -0.2) is 86.8 Å². The Bertz CT molecular complexity index is 1320. The molecular weight excluding hydrogens is 440 g/mol. The van der Waals surface area contributed by atoms with Crippen LogP contribution in [0.25, 0.3) is 27.5 Å². The summed E-state index contributed by atoms with van der Waals surface area (Å²) in [5, 5.41) is 9.23. The van der Waals surface area contributed by atoms with Gasteiger partial charge in [0.05, 0.1) is 29.7 Å². The fourth-order valence-electron chi connectivity index (χ4n) is 5.53. The van der Waals surface area contributed by atoms with Crippen LogP contribution >= 0.6 is 0 Å². The van der Waals surface area contributed by atoms with Gasteiger partial charge in [-0.25, -0.2) is 19.5 Å². The number of benzene rings is 1. The number of rotatable bonds is 5. The fraction of sp³-hybridized carbons (Fsp3) is 0.462. The van der Waals surface area contributed by atoms with E-state index < -0.39 is 0 Å². The second kappa shape index (κ2) is 9.39. The highest BCUT2D eigenvalue weighted by molar-refractivity contribution is 5.91. The Labute approximate surface area is 205 Å². The Balaban J connectivity index is 1.15. The van der Waals surface area contributed by atoms with Crippen molar-refractivity contribution in [3.05, 3.63) is 43.0 Å². The minimum atomic E-state index is 0.430. The van der Waals surface area contributed by atoms with E-state index in [-0.39, 0.29) is 0 Å². The van der Waals surface area contributed by atoms with E-state index in [0.29, 0.717) is 17.9 Å². The number of nitrogens with zero attached hydrogens (tertiary/aromatic N) is 7. The van der Waals surface area contributed by atoms with Crippen LogP contribution < -0.4 is 10.1 Å². The Hall–Kier alpha value is -3.30. The van der Waals surface area contributed by atoms with Gasteiger partial charge in [-0.05, 0) is 56.5 Å². The molecule has 1 N–H and O–H groups in total. The third-order valence-corrected chi connectivity index (χ3v) is 7.60. The maximum Gasteiger partial charge on any atom is 0.241 e. The average molecular weight is 473 g/mol. The molecule has 0 bridgehead atoms. The monoisotopic (exact) mass is 472 g/mol. The standard InChI is InChI=1S/C26H32N8O/c1-32-11-13-33(14-12-32)20-6-4-19(5-7-20)30-26-27-16-24-21(9-10-34(24)31-26)18-3-8-23-22(15-18)25(35-2)29-17-28-23/h3,8-10,15-17,19-20H,4-7,11-14H2,1-2H3,(H,30,31)/t19-,20+. The van der Waals surface area contributed by atoms with Crippen molar-refractivity contribution in [3.63, 3.8) is 0 Å². The molecule has 0 radical (unpaired) electrons. The highest BCUT2D eigenvalue weighted by Crippen LogP contribution is 2.31. The number of hydrogen-bond donors (Lipinski definition) is 1. The van der Waals surface area contributed by atoms with Crippen LogP contribution in [0.3, 0.4) is 0 Å². The van der Waals surface area contributed by atoms with E-state index in [9.17, 15) is 0 Å². The van der Waals surface area contributed by atoms with Gasteiger partial charge in [-0.15, -0.1) is 5.10 Å². The van der Waals surface area contributed by atoms with Crippen LogP contribution in [0, 0.1) is 0 Å². The zero-order valence-corrected chi connectivity index (χ0v) is 20.4. The van der Waals surface area contributed by atoms with Gasteiger partial charge in [0.15, 0.2) is 0 Å². The van der Waals surface area contributed by atoms with Crippen LogP contribution in [0.4, 0.5) is 5.95 Å². The van der Waals surface area contributed by atoms with Crippen molar-refractivity contribution in [2.24, 2.45) is 0 Å². The minimum Gasteiger partial charge on any atom is -0.480 e. The molecule has 0 unspecified atom stereocenters. The Morgan fingerprint density at radius 3 is 2.60 bits per heavy atom. The molecule has 1 saturated heterocycles. The van der Waals surface area contributed by atoms with Gasteiger partial charge in [-0.3, -0.25) is 4.90 Å². The van der Waals surface area contributed by atoms with Gasteiger partial charge in [-0.1, -0.05) is 6.07 Å². The van der Waals surface area contributed by atoms with E-state index in [0.717, 1.165) is 46.4 Å². The molecule has 0 atom stereocenters. The van der Waals surface area contributed by atoms with Crippen molar-refractivity contribution in [2.75, 3.05) is 45.7 Å². The lowest BCUT2D eigenvalue weighted by Gasteiger charge is -2.41. The van der Waals surface area contributed by atoms with Crippen LogP contribution in [-0.2, 0) is 0 Å². The molecule has 0 spiro atoms. The molecule has 1 aliphatic carbocycles. The highest BCUT2D eigenvalue weighted by atomic mass is 16.5. The quantitative estimate of drug-likeness (QED) is 0.474. The summed E-state index contributed by atoms with van der Waals surface area (Å²) in [7, 11) is 3.85. The van der Waals surface area contributed by atoms with Crippen molar-refractivity contribution >= 4 is 22.4 Å². The summed E-state index contributed by atoms with van der Waals surface area (Å²) in [4.78, 5) is 18.4. The number of methoxy groups -OCH3 is 1. The molecule has 9 nitrogen and oxygen atoms in total. The molecule has 4 heterocycles. The van der Waals surface area contributed by atoms with E-state index in [1.54, 1.807) is 7.11 Å². The van der Waals surface area contributed by atoms with Gasteiger partial charge in [-0.2, -0.15) is 0 Å². The molecule has 2 fully saturated rings. The Morgan fingerprint density at radius 2 is 1.80 bits per heavy atom. The molecule has 6 rings (SSSR count). The lowest BCUT2D eigenvalue weighted by Crippen LogP contribution is -2.50. The maximum absolute atomic E-state index is 5.43. The van der Waals surface area contributed by atoms with Crippen molar-refractivity contribution in [2.45, 2.75) is 37.8 Å². The van der Waals surface area contributed by atoms with Crippen molar-refractivity contribution in [1.29, 1.82) is 0 Å². The number of fused-ring (bicyclic) bond motifs is 2. The van der Waals surface area contributed by atoms with Crippen LogP contribution in [0.15, 0.2) is 43.0 Å². The summed E-state index contributed by atoms with van der Waals surface area (Å²) >= 11 is 0. The van der Waals surface area contributed by atoms with E-state index in [4.69, 9.17) is 9.84 Å². The molecule has 1 aromatic carbocycles. The maximum atomic E-state index is 5.43. The number of likely N-dealkylation sites (N-methyl/N-ethyl adjacent to an activating group) is 1. The molecule has 1 saturated carbocycles. The van der Waals surface area contributed by atoms with Gasteiger partial charge in [0.25, 0.3) is 0 Å². The molecule has 3 aromatic heterocycles. The smallest absolute Gasteiger partial charge is 0.241 e. The normalized spacial score (nSPS) is 22.0. The lowest BCUT2D eigenvalue weighted by molar-refractivity contribution is 0.0893. The number of anilines is 1. The number of aromatic nitrogens is 5. The number of hydrogen-bond acceptors (Lipinski definition) is 8. The van der Waals surface area contributed by atoms with Crippen molar-refractivity contribution in [3.8, 4) is 17.0 Å². The minimum absolute atomic E-state index is 0.430. The fourth-order valence-corrected chi connectivity index (χ4v) is 5.53. The largest absolute Gasteiger partial charge is 0.480 e. The van der Waals surface area contributed by atoms with Crippen molar-refractivity contribution < 1.29 is 4.74 Å². The van der Waals surface area contributed by atoms with Gasteiger partial charge in [0, 0.05) is 50.0 Å². The van der Waals surface area contributed by atoms with E-state index in [1.165, 1.54) is 45.3 Å². The zero-order valence-electron chi connectivity index (χ0n) is 20.4. The summed E-state index contributed by atoms with van der Waals surface area (Å²) < 4.78 is 7.33. The Kier molecular flexibility index (Phi) is 5.95. The molecule has 2 aliphatic rings. The zero-order chi connectivity index (χ0) is 23.8. The molecule has 0 amide bonds. The molecule has 9 heteroatoms. The van der Waals surface area contributed by atoms with E-state index in [2.05, 4.69) is 55.3 Å². The van der Waals surface area contributed by atoms with E-state index >= 15 is 0 Å². The molecule has 182 valence electrons. The summed E-state index contributed by atoms with van der Waals surface area (Å²) in [5.41, 5.74) is 3.94. The van der Waals surface area contributed by atoms with Crippen LogP contribution in [0.5, 0.6) is 5.88 Å².